The molecule has 1 aromatic carbocycles. The third-order valence-corrected chi connectivity index (χ3v) is 3.04. The van der Waals surface area contributed by atoms with Crippen molar-refractivity contribution in [3.63, 3.8) is 0 Å². The molecule has 0 saturated heterocycles. The molecule has 0 aromatic heterocycles. The zero-order valence-corrected chi connectivity index (χ0v) is 11.6. The van der Waals surface area contributed by atoms with Gasteiger partial charge in [0.1, 0.15) is 11.5 Å². The van der Waals surface area contributed by atoms with Crippen LogP contribution in [0.3, 0.4) is 0 Å². The molecule has 0 saturated carbocycles. The largest absolute Gasteiger partial charge is 0.497 e. The molecule has 0 heterocycles. The number of aliphatic hydroxyl groups excluding tert-OH is 1. The summed E-state index contributed by atoms with van der Waals surface area (Å²) < 4.78 is 10.5. The Morgan fingerprint density at radius 3 is 2.56 bits per heavy atom. The van der Waals surface area contributed by atoms with Crippen LogP contribution >= 0.6 is 0 Å². The van der Waals surface area contributed by atoms with Gasteiger partial charge in [0.25, 0.3) is 0 Å². The third-order valence-electron chi connectivity index (χ3n) is 3.04. The Morgan fingerprint density at radius 2 is 2.00 bits per heavy atom. The third kappa shape index (κ3) is 3.89. The molecule has 0 aliphatic rings. The van der Waals surface area contributed by atoms with E-state index in [1.54, 1.807) is 14.2 Å². The van der Waals surface area contributed by atoms with Crippen LogP contribution in [0.15, 0.2) is 18.2 Å². The number of hydrogen-bond acceptors (Lipinski definition) is 4. The number of ether oxygens (including phenoxy) is 2. The summed E-state index contributed by atoms with van der Waals surface area (Å²) in [6.07, 6.45) is 0.441. The molecule has 102 valence electrons. The first-order chi connectivity index (χ1) is 8.62. The Hall–Kier alpha value is -1.26. The maximum Gasteiger partial charge on any atom is 0.127 e. The summed E-state index contributed by atoms with van der Waals surface area (Å²) in [4.78, 5) is 0. The van der Waals surface area contributed by atoms with E-state index in [0.29, 0.717) is 6.54 Å². The van der Waals surface area contributed by atoms with Crippen molar-refractivity contribution in [1.82, 2.24) is 5.32 Å². The molecule has 0 fully saturated rings. The van der Waals surface area contributed by atoms with Gasteiger partial charge in [0.15, 0.2) is 0 Å². The zero-order chi connectivity index (χ0) is 13.5. The van der Waals surface area contributed by atoms with E-state index >= 15 is 0 Å². The topological polar surface area (TPSA) is 50.7 Å². The van der Waals surface area contributed by atoms with Gasteiger partial charge in [-0.05, 0) is 19.4 Å². The monoisotopic (exact) mass is 253 g/mol. The van der Waals surface area contributed by atoms with Crippen LogP contribution in [0.2, 0.25) is 0 Å². The fourth-order valence-corrected chi connectivity index (χ4v) is 1.74. The molecular weight excluding hydrogens is 230 g/mol. The molecule has 0 spiro atoms. The van der Waals surface area contributed by atoms with Gasteiger partial charge < -0.3 is 19.9 Å². The highest BCUT2D eigenvalue weighted by atomic mass is 16.5. The van der Waals surface area contributed by atoms with Gasteiger partial charge in [-0.1, -0.05) is 13.0 Å². The van der Waals surface area contributed by atoms with Gasteiger partial charge in [0.2, 0.25) is 0 Å². The second kappa shape index (κ2) is 7.24. The first-order valence-electron chi connectivity index (χ1n) is 6.25. The van der Waals surface area contributed by atoms with E-state index in [2.05, 4.69) is 5.32 Å². The smallest absolute Gasteiger partial charge is 0.127 e. The normalized spacial score (nSPS) is 14.1. The van der Waals surface area contributed by atoms with E-state index in [1.165, 1.54) is 0 Å². The molecular formula is C14H23NO3. The second-order valence-corrected chi connectivity index (χ2v) is 4.30. The summed E-state index contributed by atoms with van der Waals surface area (Å²) >= 11 is 0. The summed E-state index contributed by atoms with van der Waals surface area (Å²) in [6, 6.07) is 5.87. The number of hydrogen-bond donors (Lipinski definition) is 2. The molecule has 0 aliphatic heterocycles. The lowest BCUT2D eigenvalue weighted by molar-refractivity contribution is 0.163. The van der Waals surface area contributed by atoms with Gasteiger partial charge in [0.05, 0.1) is 20.3 Å². The fourth-order valence-electron chi connectivity index (χ4n) is 1.74. The highest BCUT2D eigenvalue weighted by Gasteiger charge is 2.13. The average molecular weight is 253 g/mol. The molecule has 2 atom stereocenters. The van der Waals surface area contributed by atoms with Crippen molar-refractivity contribution >= 4 is 0 Å². The summed E-state index contributed by atoms with van der Waals surface area (Å²) in [7, 11) is 3.28. The van der Waals surface area contributed by atoms with E-state index in [1.807, 2.05) is 32.0 Å². The van der Waals surface area contributed by atoms with Gasteiger partial charge in [-0.25, -0.2) is 0 Å². The predicted molar refractivity (Wildman–Crippen MR) is 72.3 cm³/mol. The van der Waals surface area contributed by atoms with E-state index in [-0.39, 0.29) is 12.1 Å². The van der Waals surface area contributed by atoms with Crippen molar-refractivity contribution < 1.29 is 14.6 Å². The number of methoxy groups -OCH3 is 2. The fraction of sp³-hybridized carbons (Fsp3) is 0.571. The van der Waals surface area contributed by atoms with Crippen molar-refractivity contribution in [2.45, 2.75) is 32.4 Å². The Balaban J connectivity index is 2.75. The maximum atomic E-state index is 9.55. The summed E-state index contributed by atoms with van der Waals surface area (Å²) in [5.41, 5.74) is 1.06. The van der Waals surface area contributed by atoms with E-state index < -0.39 is 0 Å². The molecule has 2 N–H and O–H groups in total. The molecule has 1 aromatic rings. The first-order valence-corrected chi connectivity index (χ1v) is 6.25. The van der Waals surface area contributed by atoms with Crippen LogP contribution in [0.25, 0.3) is 0 Å². The van der Waals surface area contributed by atoms with Crippen molar-refractivity contribution in [1.29, 1.82) is 0 Å². The van der Waals surface area contributed by atoms with Crippen LogP contribution in [0.1, 0.15) is 31.9 Å². The highest BCUT2D eigenvalue weighted by molar-refractivity contribution is 5.42. The quantitative estimate of drug-likeness (QED) is 0.781. The Labute approximate surface area is 109 Å². The van der Waals surface area contributed by atoms with Gasteiger partial charge in [-0.3, -0.25) is 0 Å². The lowest BCUT2D eigenvalue weighted by Crippen LogP contribution is -2.28. The van der Waals surface area contributed by atoms with Crippen molar-refractivity contribution in [3.05, 3.63) is 23.8 Å². The first kappa shape index (κ1) is 14.8. The molecule has 0 bridgehead atoms. The van der Waals surface area contributed by atoms with E-state index in [0.717, 1.165) is 23.5 Å². The summed E-state index contributed by atoms with van der Waals surface area (Å²) in [5.74, 6) is 1.57. The lowest BCUT2D eigenvalue weighted by Gasteiger charge is -2.19. The standard InChI is InChI=1S/C14H23NO3/c1-5-11(16)9-15-10(2)13-7-6-12(17-3)8-14(13)18-4/h6-8,10-11,15-16H,5,9H2,1-4H3. The number of benzene rings is 1. The Morgan fingerprint density at radius 1 is 1.28 bits per heavy atom. The molecule has 18 heavy (non-hydrogen) atoms. The minimum atomic E-state index is -0.309. The van der Waals surface area contributed by atoms with Gasteiger partial charge >= 0.3 is 0 Å². The van der Waals surface area contributed by atoms with Crippen LogP contribution in [0.4, 0.5) is 0 Å². The molecule has 1 rings (SSSR count). The SMILES string of the molecule is CCC(O)CNC(C)c1ccc(OC)cc1OC. The van der Waals surface area contributed by atoms with Gasteiger partial charge in [-0.2, -0.15) is 0 Å². The molecule has 2 unspecified atom stereocenters. The molecule has 4 heteroatoms. The number of aliphatic hydroxyl groups is 1. The molecule has 0 amide bonds. The molecule has 0 aliphatic carbocycles. The maximum absolute atomic E-state index is 9.55. The van der Waals surface area contributed by atoms with Crippen LogP contribution in [-0.2, 0) is 0 Å². The van der Waals surface area contributed by atoms with Crippen molar-refractivity contribution in [2.24, 2.45) is 0 Å². The average Bonchev–Trinajstić information content (AvgIpc) is 2.43. The zero-order valence-electron chi connectivity index (χ0n) is 11.6. The minimum Gasteiger partial charge on any atom is -0.497 e. The Kier molecular flexibility index (Phi) is 5.95. The Bertz CT molecular complexity index is 368. The lowest BCUT2D eigenvalue weighted by atomic mass is 10.1. The summed E-state index contributed by atoms with van der Waals surface area (Å²) in [6.45, 7) is 4.59. The minimum absolute atomic E-state index is 0.118. The second-order valence-electron chi connectivity index (χ2n) is 4.30. The van der Waals surface area contributed by atoms with Gasteiger partial charge in [-0.15, -0.1) is 0 Å². The highest BCUT2D eigenvalue weighted by Crippen LogP contribution is 2.29. The molecule has 4 nitrogen and oxygen atoms in total. The molecule has 0 radical (unpaired) electrons. The van der Waals surface area contributed by atoms with E-state index in [4.69, 9.17) is 9.47 Å². The van der Waals surface area contributed by atoms with Gasteiger partial charge in [0, 0.05) is 24.2 Å². The van der Waals surface area contributed by atoms with Crippen molar-refractivity contribution in [3.8, 4) is 11.5 Å². The van der Waals surface area contributed by atoms with Crippen LogP contribution in [0.5, 0.6) is 11.5 Å². The van der Waals surface area contributed by atoms with Crippen molar-refractivity contribution in [2.75, 3.05) is 20.8 Å². The summed E-state index contributed by atoms with van der Waals surface area (Å²) in [5, 5.41) is 12.8. The number of rotatable bonds is 7. The van der Waals surface area contributed by atoms with Crippen LogP contribution < -0.4 is 14.8 Å². The predicted octanol–water partition coefficient (Wildman–Crippen LogP) is 2.13. The number of nitrogens with one attached hydrogen (secondary N) is 1. The van der Waals surface area contributed by atoms with E-state index in [9.17, 15) is 5.11 Å². The van der Waals surface area contributed by atoms with Crippen LogP contribution in [-0.4, -0.2) is 32.0 Å². The van der Waals surface area contributed by atoms with Crippen LogP contribution in [0, 0.1) is 0 Å².